The zero-order valence-corrected chi connectivity index (χ0v) is 11.4. The van der Waals surface area contributed by atoms with E-state index in [1.165, 1.54) is 18.2 Å². The summed E-state index contributed by atoms with van der Waals surface area (Å²) < 4.78 is 18.8. The van der Waals surface area contributed by atoms with Gasteiger partial charge < -0.3 is 15.8 Å². The third-order valence-electron chi connectivity index (χ3n) is 2.62. The van der Waals surface area contributed by atoms with Crippen LogP contribution in [0.2, 0.25) is 0 Å². The number of aromatic nitrogens is 2. The molecule has 0 aliphatic heterocycles. The number of nitrogens with two attached hydrogens (primary N) is 1. The third-order valence-corrected chi connectivity index (χ3v) is 2.62. The van der Waals surface area contributed by atoms with Crippen molar-refractivity contribution in [1.29, 1.82) is 5.26 Å². The van der Waals surface area contributed by atoms with Crippen molar-refractivity contribution in [3.63, 3.8) is 0 Å². The molecule has 0 bridgehead atoms. The molecule has 0 saturated carbocycles. The number of nitrogen functional groups attached to an aromatic ring is 1. The fourth-order valence-corrected chi connectivity index (χ4v) is 1.72. The minimum absolute atomic E-state index is 0.0824. The standard InChI is InChI=1S/C14H14FN5O/c1-2-21-8-14-19-12(17)6-13(20-14)18-11-5-3-4-10(15)9(11)7-16/h3-6H,2,8H2,1H3,(H3,17,18,19,20). The Morgan fingerprint density at radius 3 is 2.95 bits per heavy atom. The Balaban J connectivity index is 2.30. The van der Waals surface area contributed by atoms with E-state index in [0.717, 1.165) is 0 Å². The average molecular weight is 287 g/mol. The first-order valence-corrected chi connectivity index (χ1v) is 6.31. The first kappa shape index (κ1) is 14.7. The lowest BCUT2D eigenvalue weighted by atomic mass is 10.2. The van der Waals surface area contributed by atoms with E-state index in [9.17, 15) is 4.39 Å². The Hall–Kier alpha value is -2.72. The van der Waals surface area contributed by atoms with Gasteiger partial charge in [-0.3, -0.25) is 0 Å². The van der Waals surface area contributed by atoms with Gasteiger partial charge in [0.1, 0.15) is 35.7 Å². The highest BCUT2D eigenvalue weighted by Crippen LogP contribution is 2.22. The van der Waals surface area contributed by atoms with Crippen molar-refractivity contribution in [2.75, 3.05) is 17.7 Å². The monoisotopic (exact) mass is 287 g/mol. The molecule has 6 nitrogen and oxygen atoms in total. The summed E-state index contributed by atoms with van der Waals surface area (Å²) in [4.78, 5) is 8.25. The quantitative estimate of drug-likeness (QED) is 0.876. The van der Waals surface area contributed by atoms with E-state index >= 15 is 0 Å². The van der Waals surface area contributed by atoms with Gasteiger partial charge in [0.05, 0.1) is 5.69 Å². The number of nitriles is 1. The van der Waals surface area contributed by atoms with Crippen molar-refractivity contribution in [2.24, 2.45) is 0 Å². The molecule has 21 heavy (non-hydrogen) atoms. The van der Waals surface area contributed by atoms with Crippen LogP contribution in [0.3, 0.4) is 0 Å². The molecule has 3 N–H and O–H groups in total. The second kappa shape index (κ2) is 6.63. The molecule has 0 atom stereocenters. The second-order valence-electron chi connectivity index (χ2n) is 4.13. The highest BCUT2D eigenvalue weighted by molar-refractivity contribution is 5.65. The molecule has 1 aromatic carbocycles. The zero-order valence-electron chi connectivity index (χ0n) is 11.4. The lowest BCUT2D eigenvalue weighted by Gasteiger charge is -2.10. The maximum atomic E-state index is 13.5. The Morgan fingerprint density at radius 2 is 2.24 bits per heavy atom. The number of hydrogen-bond donors (Lipinski definition) is 2. The smallest absolute Gasteiger partial charge is 0.158 e. The van der Waals surface area contributed by atoms with Crippen LogP contribution in [-0.2, 0) is 11.3 Å². The minimum Gasteiger partial charge on any atom is -0.384 e. The molecule has 1 aromatic heterocycles. The van der Waals surface area contributed by atoms with E-state index in [1.54, 1.807) is 6.07 Å². The maximum Gasteiger partial charge on any atom is 0.158 e. The number of nitrogens with one attached hydrogen (secondary N) is 1. The Morgan fingerprint density at radius 1 is 1.43 bits per heavy atom. The molecule has 0 radical (unpaired) electrons. The predicted molar refractivity (Wildman–Crippen MR) is 76.2 cm³/mol. The number of anilines is 3. The third kappa shape index (κ3) is 3.64. The van der Waals surface area contributed by atoms with Crippen molar-refractivity contribution >= 4 is 17.3 Å². The molecule has 108 valence electrons. The van der Waals surface area contributed by atoms with Crippen LogP contribution in [0.25, 0.3) is 0 Å². The van der Waals surface area contributed by atoms with E-state index in [2.05, 4.69) is 15.3 Å². The Bertz CT molecular complexity index is 684. The number of benzene rings is 1. The van der Waals surface area contributed by atoms with Gasteiger partial charge in [-0.25, -0.2) is 14.4 Å². The highest BCUT2D eigenvalue weighted by Gasteiger charge is 2.09. The molecule has 7 heteroatoms. The molecular formula is C14H14FN5O. The van der Waals surface area contributed by atoms with Crippen LogP contribution < -0.4 is 11.1 Å². The molecule has 2 rings (SSSR count). The van der Waals surface area contributed by atoms with Crippen molar-refractivity contribution in [2.45, 2.75) is 13.5 Å². The summed E-state index contributed by atoms with van der Waals surface area (Å²) in [7, 11) is 0. The molecule has 0 spiro atoms. The van der Waals surface area contributed by atoms with Crippen molar-refractivity contribution < 1.29 is 9.13 Å². The fraction of sp³-hybridized carbons (Fsp3) is 0.214. The van der Waals surface area contributed by atoms with Gasteiger partial charge in [0.2, 0.25) is 0 Å². The lowest BCUT2D eigenvalue weighted by molar-refractivity contribution is 0.128. The lowest BCUT2D eigenvalue weighted by Crippen LogP contribution is -2.06. The van der Waals surface area contributed by atoms with Gasteiger partial charge in [0, 0.05) is 12.7 Å². The van der Waals surface area contributed by atoms with Gasteiger partial charge in [-0.15, -0.1) is 0 Å². The second-order valence-corrected chi connectivity index (χ2v) is 4.13. The summed E-state index contributed by atoms with van der Waals surface area (Å²) in [6.07, 6.45) is 0. The largest absolute Gasteiger partial charge is 0.384 e. The van der Waals surface area contributed by atoms with E-state index < -0.39 is 5.82 Å². The summed E-state index contributed by atoms with van der Waals surface area (Å²) in [6, 6.07) is 7.62. The fourth-order valence-electron chi connectivity index (χ4n) is 1.72. The van der Waals surface area contributed by atoms with Gasteiger partial charge in [0.15, 0.2) is 5.82 Å². The molecule has 2 aromatic rings. The Labute approximate surface area is 121 Å². The molecule has 0 fully saturated rings. The first-order chi connectivity index (χ1) is 10.1. The summed E-state index contributed by atoms with van der Waals surface area (Å²) in [6.45, 7) is 2.62. The van der Waals surface area contributed by atoms with E-state index in [-0.39, 0.29) is 18.0 Å². The predicted octanol–water partition coefficient (Wildman–Crippen LogP) is 2.35. The maximum absolute atomic E-state index is 13.5. The highest BCUT2D eigenvalue weighted by atomic mass is 19.1. The van der Waals surface area contributed by atoms with Crippen LogP contribution in [0.15, 0.2) is 24.3 Å². The molecule has 0 saturated heterocycles. The number of halogens is 1. The summed E-state index contributed by atoms with van der Waals surface area (Å²) in [5.74, 6) is 0.449. The number of nitrogens with zero attached hydrogens (tertiary/aromatic N) is 3. The Kier molecular flexibility index (Phi) is 4.64. The van der Waals surface area contributed by atoms with Crippen LogP contribution in [0.5, 0.6) is 0 Å². The SMILES string of the molecule is CCOCc1nc(N)cc(Nc2cccc(F)c2C#N)n1. The number of hydrogen-bond acceptors (Lipinski definition) is 6. The molecule has 1 heterocycles. The van der Waals surface area contributed by atoms with Crippen LogP contribution in [0.1, 0.15) is 18.3 Å². The molecule has 0 aliphatic rings. The van der Waals surface area contributed by atoms with Gasteiger partial charge in [-0.05, 0) is 19.1 Å². The number of ether oxygens (including phenoxy) is 1. The van der Waals surface area contributed by atoms with Crippen LogP contribution in [-0.4, -0.2) is 16.6 Å². The first-order valence-electron chi connectivity index (χ1n) is 6.31. The van der Waals surface area contributed by atoms with E-state index in [0.29, 0.717) is 23.9 Å². The van der Waals surface area contributed by atoms with Gasteiger partial charge in [-0.2, -0.15) is 5.26 Å². The zero-order chi connectivity index (χ0) is 15.2. The van der Waals surface area contributed by atoms with Crippen LogP contribution >= 0.6 is 0 Å². The minimum atomic E-state index is -0.598. The molecule has 0 unspecified atom stereocenters. The summed E-state index contributed by atoms with van der Waals surface area (Å²) in [5.41, 5.74) is 5.93. The molecular weight excluding hydrogens is 273 g/mol. The van der Waals surface area contributed by atoms with Gasteiger partial charge in [0.25, 0.3) is 0 Å². The van der Waals surface area contributed by atoms with Crippen molar-refractivity contribution in [1.82, 2.24) is 9.97 Å². The normalized spacial score (nSPS) is 10.1. The van der Waals surface area contributed by atoms with Crippen molar-refractivity contribution in [3.8, 4) is 6.07 Å². The topological polar surface area (TPSA) is 96.9 Å². The van der Waals surface area contributed by atoms with Crippen molar-refractivity contribution in [3.05, 3.63) is 41.5 Å². The van der Waals surface area contributed by atoms with E-state index in [1.807, 2.05) is 13.0 Å². The molecule has 0 aliphatic carbocycles. The van der Waals surface area contributed by atoms with Gasteiger partial charge in [-0.1, -0.05) is 6.07 Å². The number of rotatable bonds is 5. The van der Waals surface area contributed by atoms with Crippen LogP contribution in [0, 0.1) is 17.1 Å². The summed E-state index contributed by atoms with van der Waals surface area (Å²) >= 11 is 0. The van der Waals surface area contributed by atoms with Crippen LogP contribution in [0.4, 0.5) is 21.7 Å². The molecule has 0 amide bonds. The summed E-state index contributed by atoms with van der Waals surface area (Å²) in [5, 5.41) is 11.9. The van der Waals surface area contributed by atoms with Gasteiger partial charge >= 0.3 is 0 Å². The van der Waals surface area contributed by atoms with E-state index in [4.69, 9.17) is 15.7 Å². The average Bonchev–Trinajstić information content (AvgIpc) is 2.45.